The predicted molar refractivity (Wildman–Crippen MR) is 158 cm³/mol. The first-order valence-electron chi connectivity index (χ1n) is 15.2. The van der Waals surface area contributed by atoms with Crippen LogP contribution in [0.1, 0.15) is 63.0 Å². The van der Waals surface area contributed by atoms with E-state index < -0.39 is 17.6 Å². The minimum atomic E-state index is -1.25. The van der Waals surface area contributed by atoms with Gasteiger partial charge in [-0.2, -0.15) is 0 Å². The van der Waals surface area contributed by atoms with E-state index in [-0.39, 0.29) is 18.2 Å². The number of hydrogen-bond acceptors (Lipinski definition) is 3. The fourth-order valence-corrected chi connectivity index (χ4v) is 8.41. The molecule has 4 saturated carbocycles. The van der Waals surface area contributed by atoms with Crippen molar-refractivity contribution >= 4 is 28.7 Å². The molecular weight excluding hydrogens is 514 g/mol. The van der Waals surface area contributed by atoms with Crippen molar-refractivity contribution in [2.45, 2.75) is 76.3 Å². The number of nitrogens with one attached hydrogen (secondary N) is 3. The summed E-state index contributed by atoms with van der Waals surface area (Å²) in [6, 6.07) is 16.9. The van der Waals surface area contributed by atoms with Crippen LogP contribution in [0.3, 0.4) is 0 Å². The number of carboxylic acids is 1. The molecule has 0 saturated heterocycles. The molecule has 4 aliphatic rings. The van der Waals surface area contributed by atoms with Crippen molar-refractivity contribution in [1.29, 1.82) is 0 Å². The van der Waals surface area contributed by atoms with Gasteiger partial charge < -0.3 is 20.7 Å². The zero-order chi connectivity index (χ0) is 28.6. The number of fused-ring (bicyclic) bond motifs is 1. The third kappa shape index (κ3) is 6.04. The lowest BCUT2D eigenvalue weighted by atomic mass is 9.51. The number of hydrogen-bond donors (Lipinski definition) is 4. The second-order valence-corrected chi connectivity index (χ2v) is 13.2. The van der Waals surface area contributed by atoms with Gasteiger partial charge in [-0.15, -0.1) is 0 Å². The van der Waals surface area contributed by atoms with E-state index in [1.165, 1.54) is 32.1 Å². The average Bonchev–Trinajstić information content (AvgIpc) is 3.33. The molecule has 0 aliphatic heterocycles. The Labute approximate surface area is 241 Å². The minimum absolute atomic E-state index is 0.0854. The highest BCUT2D eigenvalue weighted by molar-refractivity contribution is 5.93. The second-order valence-electron chi connectivity index (χ2n) is 13.2. The van der Waals surface area contributed by atoms with Crippen LogP contribution in [-0.4, -0.2) is 39.5 Å². The highest BCUT2D eigenvalue weighted by atomic mass is 16.4. The van der Waals surface area contributed by atoms with Gasteiger partial charge in [-0.3, -0.25) is 14.4 Å². The Morgan fingerprint density at radius 1 is 0.951 bits per heavy atom. The molecule has 216 valence electrons. The first kappa shape index (κ1) is 27.6. The number of benzene rings is 2. The largest absolute Gasteiger partial charge is 0.481 e. The van der Waals surface area contributed by atoms with Gasteiger partial charge >= 0.3 is 5.97 Å². The molecule has 4 N–H and O–H groups in total. The fraction of sp³-hybridized carbons (Fsp3) is 0.500. The summed E-state index contributed by atoms with van der Waals surface area (Å²) in [7, 11) is 0. The monoisotopic (exact) mass is 555 g/mol. The van der Waals surface area contributed by atoms with Gasteiger partial charge in [0.15, 0.2) is 0 Å². The number of carboxylic acid groups (broad SMARTS) is 1. The first-order chi connectivity index (χ1) is 19.8. The average molecular weight is 556 g/mol. The summed E-state index contributed by atoms with van der Waals surface area (Å²) >= 11 is 0. The summed E-state index contributed by atoms with van der Waals surface area (Å²) in [5.74, 6) is 1.89. The van der Waals surface area contributed by atoms with Gasteiger partial charge in [-0.1, -0.05) is 48.5 Å². The topological polar surface area (TPSA) is 111 Å². The van der Waals surface area contributed by atoms with Crippen molar-refractivity contribution in [3.05, 3.63) is 71.9 Å². The molecule has 1 aromatic heterocycles. The molecule has 2 atom stereocenters. The van der Waals surface area contributed by atoms with Gasteiger partial charge in [0.05, 0.1) is 6.42 Å². The Hall–Kier alpha value is -3.61. The van der Waals surface area contributed by atoms with E-state index in [1.54, 1.807) is 6.92 Å². The Balaban J connectivity index is 1.22. The van der Waals surface area contributed by atoms with Gasteiger partial charge in [-0.05, 0) is 92.2 Å². The number of H-pyrrole nitrogens is 1. The lowest BCUT2D eigenvalue weighted by Crippen LogP contribution is -2.60. The van der Waals surface area contributed by atoms with E-state index in [1.807, 2.05) is 60.8 Å². The van der Waals surface area contributed by atoms with Crippen LogP contribution in [0.15, 0.2) is 60.8 Å². The summed E-state index contributed by atoms with van der Waals surface area (Å²) in [5.41, 5.74) is 1.61. The van der Waals surface area contributed by atoms with Crippen LogP contribution in [0.5, 0.6) is 0 Å². The third-order valence-corrected chi connectivity index (χ3v) is 10.1. The van der Waals surface area contributed by atoms with E-state index in [0.717, 1.165) is 33.9 Å². The van der Waals surface area contributed by atoms with Crippen molar-refractivity contribution in [3.63, 3.8) is 0 Å². The predicted octanol–water partition coefficient (Wildman–Crippen LogP) is 5.25. The van der Waals surface area contributed by atoms with Gasteiger partial charge in [-0.25, -0.2) is 0 Å². The number of aromatic nitrogens is 1. The number of amides is 2. The summed E-state index contributed by atoms with van der Waals surface area (Å²) in [4.78, 5) is 42.8. The molecule has 4 fully saturated rings. The quantitative estimate of drug-likeness (QED) is 0.259. The van der Waals surface area contributed by atoms with Crippen molar-refractivity contribution in [2.75, 3.05) is 0 Å². The standard InChI is InChI=1S/C34H41N3O4/c1-34(19-26-20-35-30-10-6-5-9-28(26)30,33(41)36-27(17-32(39)40)16-21-7-3-2-4-8-21)37-31(38)18-29-24-12-22-11-23(14-24)15-25(29)13-22/h2-10,20,22-25,27,29,35H,11-19H2,1H3,(H,36,41)(H,37,38)(H,39,40)/t22?,23?,24?,25?,27-,29?,34+/m1/s1. The maximum Gasteiger partial charge on any atom is 0.305 e. The lowest BCUT2D eigenvalue weighted by Gasteiger charge is -2.54. The fourth-order valence-electron chi connectivity index (χ4n) is 8.41. The van der Waals surface area contributed by atoms with E-state index in [4.69, 9.17) is 0 Å². The van der Waals surface area contributed by atoms with Crippen molar-refractivity contribution in [2.24, 2.45) is 29.6 Å². The van der Waals surface area contributed by atoms with Gasteiger partial charge in [0.25, 0.3) is 0 Å². The number of para-hydroxylation sites is 1. The van der Waals surface area contributed by atoms with Crippen LogP contribution in [0, 0.1) is 29.6 Å². The highest BCUT2D eigenvalue weighted by Crippen LogP contribution is 2.57. The summed E-state index contributed by atoms with van der Waals surface area (Å²) < 4.78 is 0. The Morgan fingerprint density at radius 3 is 2.29 bits per heavy atom. The third-order valence-electron chi connectivity index (χ3n) is 10.1. The minimum Gasteiger partial charge on any atom is -0.481 e. The van der Waals surface area contributed by atoms with Crippen LogP contribution in [-0.2, 0) is 27.2 Å². The summed E-state index contributed by atoms with van der Waals surface area (Å²) in [6.07, 6.45) is 9.18. The Bertz CT molecular complexity index is 1390. The Kier molecular flexibility index (Phi) is 7.62. The SMILES string of the molecule is C[C@@](Cc1c[nH]c2ccccc12)(NC(=O)CC1C2CC3CC(C2)CC1C3)C(=O)N[C@@H](CC(=O)O)Cc1ccccc1. The second kappa shape index (κ2) is 11.3. The lowest BCUT2D eigenvalue weighted by molar-refractivity contribution is -0.139. The number of aliphatic carboxylic acids is 1. The molecule has 0 spiro atoms. The normalized spacial score (nSPS) is 26.8. The zero-order valence-corrected chi connectivity index (χ0v) is 23.8. The molecule has 3 aromatic rings. The molecule has 0 unspecified atom stereocenters. The molecule has 4 aliphatic carbocycles. The number of carbonyl (C=O) groups excluding carboxylic acids is 2. The molecule has 41 heavy (non-hydrogen) atoms. The van der Waals surface area contributed by atoms with Crippen LogP contribution in [0.25, 0.3) is 10.9 Å². The summed E-state index contributed by atoms with van der Waals surface area (Å²) in [6.45, 7) is 1.78. The summed E-state index contributed by atoms with van der Waals surface area (Å²) in [5, 5.41) is 16.8. The smallest absolute Gasteiger partial charge is 0.305 e. The zero-order valence-electron chi connectivity index (χ0n) is 23.8. The maximum atomic E-state index is 14.1. The molecule has 4 bridgehead atoms. The molecule has 1 heterocycles. The van der Waals surface area contributed by atoms with E-state index in [0.29, 0.717) is 37.0 Å². The highest BCUT2D eigenvalue weighted by Gasteiger charge is 2.49. The molecule has 2 aromatic carbocycles. The molecule has 7 rings (SSSR count). The first-order valence-corrected chi connectivity index (χ1v) is 15.2. The van der Waals surface area contributed by atoms with Crippen molar-refractivity contribution in [1.82, 2.24) is 15.6 Å². The molecule has 2 amide bonds. The molecular formula is C34H41N3O4. The van der Waals surface area contributed by atoms with Crippen molar-refractivity contribution < 1.29 is 19.5 Å². The van der Waals surface area contributed by atoms with E-state index in [9.17, 15) is 19.5 Å². The molecule has 7 heteroatoms. The number of aromatic amines is 1. The van der Waals surface area contributed by atoms with Gasteiger partial charge in [0, 0.05) is 36.0 Å². The maximum absolute atomic E-state index is 14.1. The molecule has 7 nitrogen and oxygen atoms in total. The van der Waals surface area contributed by atoms with Crippen LogP contribution < -0.4 is 10.6 Å². The van der Waals surface area contributed by atoms with E-state index in [2.05, 4.69) is 15.6 Å². The van der Waals surface area contributed by atoms with Crippen LogP contribution >= 0.6 is 0 Å². The Morgan fingerprint density at radius 2 is 1.61 bits per heavy atom. The van der Waals surface area contributed by atoms with Crippen LogP contribution in [0.2, 0.25) is 0 Å². The van der Waals surface area contributed by atoms with E-state index >= 15 is 0 Å². The van der Waals surface area contributed by atoms with Crippen molar-refractivity contribution in [3.8, 4) is 0 Å². The number of carbonyl (C=O) groups is 3. The molecule has 0 radical (unpaired) electrons. The van der Waals surface area contributed by atoms with Gasteiger partial charge in [0.1, 0.15) is 5.54 Å². The van der Waals surface area contributed by atoms with Crippen LogP contribution in [0.4, 0.5) is 0 Å². The van der Waals surface area contributed by atoms with Gasteiger partial charge in [0.2, 0.25) is 11.8 Å². The number of rotatable bonds is 11.